The summed E-state index contributed by atoms with van der Waals surface area (Å²) in [4.78, 5) is 0. The first-order valence-corrected chi connectivity index (χ1v) is 14.5. The number of rotatable bonds is 15. The second-order valence-electron chi connectivity index (χ2n) is 10.9. The summed E-state index contributed by atoms with van der Waals surface area (Å²) in [7, 11) is 0. The minimum absolute atomic E-state index is 0.165. The topological polar surface area (TPSA) is 53.2 Å². The Morgan fingerprint density at radius 2 is 1.53 bits per heavy atom. The summed E-state index contributed by atoms with van der Waals surface area (Å²) in [5.74, 6) is 1.44. The van der Waals surface area contributed by atoms with Crippen LogP contribution in [-0.4, -0.2) is 17.8 Å². The van der Waals surface area contributed by atoms with Gasteiger partial charge in [-0.15, -0.1) is 0 Å². The van der Waals surface area contributed by atoms with Crippen molar-refractivity contribution >= 4 is 0 Å². The smallest absolute Gasteiger partial charge is 0.119 e. The highest BCUT2D eigenvalue weighted by atomic mass is 16.5. The maximum absolute atomic E-state index is 10.1. The summed E-state index contributed by atoms with van der Waals surface area (Å²) in [6.07, 6.45) is 15.7. The van der Waals surface area contributed by atoms with E-state index in [0.29, 0.717) is 18.6 Å². The van der Waals surface area contributed by atoms with Crippen LogP contribution in [0.15, 0.2) is 48.5 Å². The molecule has 1 N–H and O–H groups in total. The van der Waals surface area contributed by atoms with E-state index in [1.165, 1.54) is 29.5 Å². The van der Waals surface area contributed by atoms with E-state index in [4.69, 9.17) is 9.84 Å². The molecule has 0 spiro atoms. The fourth-order valence-corrected chi connectivity index (χ4v) is 5.91. The third kappa shape index (κ3) is 8.38. The van der Waals surface area contributed by atoms with Crippen LogP contribution in [0.1, 0.15) is 115 Å². The maximum Gasteiger partial charge on any atom is 0.119 e. The Balaban J connectivity index is 1.58. The molecule has 1 aliphatic rings. The predicted octanol–water partition coefficient (Wildman–Crippen LogP) is 9.20. The molecule has 2 aromatic rings. The summed E-state index contributed by atoms with van der Waals surface area (Å²) in [5.41, 5.74) is 3.66. The molecule has 1 saturated carbocycles. The van der Waals surface area contributed by atoms with Gasteiger partial charge in [0.05, 0.1) is 17.6 Å². The van der Waals surface area contributed by atoms with Crippen LogP contribution in [0.4, 0.5) is 0 Å². The van der Waals surface area contributed by atoms with Gasteiger partial charge in [-0.3, -0.25) is 0 Å². The molecule has 3 heteroatoms. The third-order valence-electron chi connectivity index (χ3n) is 7.99. The molecule has 0 aliphatic heterocycles. The molecule has 0 radical (unpaired) electrons. The van der Waals surface area contributed by atoms with Gasteiger partial charge in [0.15, 0.2) is 0 Å². The number of hydrogen-bond donors (Lipinski definition) is 1. The van der Waals surface area contributed by atoms with Crippen LogP contribution in [0, 0.1) is 16.7 Å². The average Bonchev–Trinajstić information content (AvgIpc) is 2.92. The van der Waals surface area contributed by atoms with Gasteiger partial charge in [0.25, 0.3) is 0 Å². The van der Waals surface area contributed by atoms with Gasteiger partial charge in [0.1, 0.15) is 5.75 Å². The van der Waals surface area contributed by atoms with Gasteiger partial charge in [0.2, 0.25) is 0 Å². The molecule has 3 rings (SSSR count). The van der Waals surface area contributed by atoms with E-state index in [0.717, 1.165) is 82.8 Å². The van der Waals surface area contributed by atoms with Crippen molar-refractivity contribution in [3.63, 3.8) is 0 Å². The molecule has 0 saturated heterocycles. The molecule has 196 valence electrons. The molecule has 3 nitrogen and oxygen atoms in total. The number of benzene rings is 2. The summed E-state index contributed by atoms with van der Waals surface area (Å²) in [5, 5.41) is 19.0. The first-order chi connectivity index (χ1) is 17.6. The van der Waals surface area contributed by atoms with Crippen molar-refractivity contribution in [2.45, 2.75) is 116 Å². The van der Waals surface area contributed by atoms with E-state index < -0.39 is 0 Å². The minimum atomic E-state index is -0.165. The molecule has 1 aliphatic carbocycles. The van der Waals surface area contributed by atoms with Crippen LogP contribution < -0.4 is 4.74 Å². The monoisotopic (exact) mass is 489 g/mol. The van der Waals surface area contributed by atoms with Crippen LogP contribution in [-0.2, 0) is 0 Å². The lowest BCUT2D eigenvalue weighted by molar-refractivity contribution is 0.179. The molecule has 0 aromatic heterocycles. The van der Waals surface area contributed by atoms with Crippen LogP contribution in [0.25, 0.3) is 11.1 Å². The molecular weight excluding hydrogens is 442 g/mol. The van der Waals surface area contributed by atoms with Crippen LogP contribution >= 0.6 is 0 Å². The van der Waals surface area contributed by atoms with Gasteiger partial charge in [-0.2, -0.15) is 5.26 Å². The Morgan fingerprint density at radius 1 is 0.917 bits per heavy atom. The largest absolute Gasteiger partial charge is 0.490 e. The zero-order valence-electron chi connectivity index (χ0n) is 22.7. The molecule has 2 atom stereocenters. The van der Waals surface area contributed by atoms with E-state index in [1.54, 1.807) is 0 Å². The molecule has 36 heavy (non-hydrogen) atoms. The Kier molecular flexibility index (Phi) is 11.8. The second kappa shape index (κ2) is 15.1. The van der Waals surface area contributed by atoms with Crippen molar-refractivity contribution in [3.8, 4) is 22.9 Å². The van der Waals surface area contributed by atoms with Crippen molar-refractivity contribution in [1.29, 1.82) is 5.26 Å². The van der Waals surface area contributed by atoms with Crippen molar-refractivity contribution in [2.75, 3.05) is 6.61 Å². The Morgan fingerprint density at radius 3 is 2.14 bits per heavy atom. The fraction of sp³-hybridized carbons (Fsp3) is 0.606. The summed E-state index contributed by atoms with van der Waals surface area (Å²) >= 11 is 0. The number of aliphatic hydroxyl groups is 1. The van der Waals surface area contributed by atoms with E-state index >= 15 is 0 Å². The van der Waals surface area contributed by atoms with Crippen LogP contribution in [0.2, 0.25) is 0 Å². The first kappa shape index (κ1) is 28.3. The summed E-state index contributed by atoms with van der Waals surface area (Å²) < 4.78 is 6.23. The number of aliphatic hydroxyl groups excluding tert-OH is 1. The minimum Gasteiger partial charge on any atom is -0.490 e. The standard InChI is InChI=1S/C33H47NO2/c1-3-11-31(12-4-2)36-32-20-18-28(19-21-32)27-14-16-29(17-15-27)30-13-10-23-33(25-30,26-34)22-8-6-5-7-9-24-35/h14-21,30-31,35H,3-13,22-25H2,1-2H3. The maximum atomic E-state index is 10.1. The average molecular weight is 490 g/mol. The van der Waals surface area contributed by atoms with Gasteiger partial charge < -0.3 is 9.84 Å². The quantitative estimate of drug-likeness (QED) is 0.254. The van der Waals surface area contributed by atoms with Crippen molar-refractivity contribution in [1.82, 2.24) is 0 Å². The Labute approximate surface area is 219 Å². The van der Waals surface area contributed by atoms with Gasteiger partial charge in [-0.25, -0.2) is 0 Å². The van der Waals surface area contributed by atoms with Crippen molar-refractivity contribution < 1.29 is 9.84 Å². The van der Waals surface area contributed by atoms with Gasteiger partial charge >= 0.3 is 0 Å². The van der Waals surface area contributed by atoms with Gasteiger partial charge in [-0.05, 0) is 79.7 Å². The number of ether oxygens (including phenoxy) is 1. The Bertz CT molecular complexity index is 908. The van der Waals surface area contributed by atoms with E-state index in [-0.39, 0.29) is 5.41 Å². The van der Waals surface area contributed by atoms with Gasteiger partial charge in [0, 0.05) is 6.61 Å². The lowest BCUT2D eigenvalue weighted by atomic mass is 9.66. The zero-order chi connectivity index (χ0) is 25.6. The number of unbranched alkanes of at least 4 members (excludes halogenated alkanes) is 4. The molecule has 0 bridgehead atoms. The van der Waals surface area contributed by atoms with Crippen molar-refractivity contribution in [3.05, 3.63) is 54.1 Å². The lowest BCUT2D eigenvalue weighted by Gasteiger charge is -2.36. The molecule has 0 amide bonds. The number of hydrogen-bond acceptors (Lipinski definition) is 3. The Hall–Kier alpha value is -2.31. The molecule has 1 fully saturated rings. The normalized spacial score (nSPS) is 19.8. The van der Waals surface area contributed by atoms with Crippen molar-refractivity contribution in [2.24, 2.45) is 5.41 Å². The van der Waals surface area contributed by atoms with Crippen LogP contribution in [0.3, 0.4) is 0 Å². The highest BCUT2D eigenvalue weighted by Crippen LogP contribution is 2.47. The third-order valence-corrected chi connectivity index (χ3v) is 7.99. The van der Waals surface area contributed by atoms with Gasteiger partial charge in [-0.1, -0.05) is 95.2 Å². The molecule has 2 aromatic carbocycles. The lowest BCUT2D eigenvalue weighted by Crippen LogP contribution is -2.26. The van der Waals surface area contributed by atoms with E-state index in [2.05, 4.69) is 68.4 Å². The van der Waals surface area contributed by atoms with E-state index in [1.807, 2.05) is 0 Å². The number of nitrogens with zero attached hydrogens (tertiary/aromatic N) is 1. The molecule has 0 heterocycles. The van der Waals surface area contributed by atoms with Crippen LogP contribution in [0.5, 0.6) is 5.75 Å². The number of nitriles is 1. The highest BCUT2D eigenvalue weighted by Gasteiger charge is 2.36. The summed E-state index contributed by atoms with van der Waals surface area (Å²) in [6, 6.07) is 20.3. The highest BCUT2D eigenvalue weighted by molar-refractivity contribution is 5.64. The summed E-state index contributed by atoms with van der Waals surface area (Å²) in [6.45, 7) is 4.73. The zero-order valence-corrected chi connectivity index (χ0v) is 22.7. The second-order valence-corrected chi connectivity index (χ2v) is 10.9. The fourth-order valence-electron chi connectivity index (χ4n) is 5.91. The first-order valence-electron chi connectivity index (χ1n) is 14.5. The molecular formula is C33H47NO2. The van der Waals surface area contributed by atoms with E-state index in [9.17, 15) is 5.26 Å². The SMILES string of the molecule is CCCC(CCC)Oc1ccc(-c2ccc(C3CCCC(C#N)(CCCCCCCO)C3)cc2)cc1. The molecule has 2 unspecified atom stereocenters. The predicted molar refractivity (Wildman–Crippen MR) is 150 cm³/mol.